The minimum Gasteiger partial charge on any atom is -0.711 e. The van der Waals surface area contributed by atoms with Crippen LogP contribution in [0.3, 0.4) is 0 Å². The van der Waals surface area contributed by atoms with Gasteiger partial charge in [-0.3, -0.25) is 0 Å². The Kier molecular flexibility index (Phi) is 6.59. The molecule has 0 saturated heterocycles. The van der Waals surface area contributed by atoms with Crippen molar-refractivity contribution in [2.75, 3.05) is 13.7 Å². The molecule has 0 atom stereocenters. The number of ether oxygens (including phenoxy) is 3. The van der Waals surface area contributed by atoms with E-state index in [2.05, 4.69) is 4.98 Å². The van der Waals surface area contributed by atoms with Crippen LogP contribution in [0.25, 0.3) is 6.08 Å². The number of hydrogen-bond acceptors (Lipinski definition) is 6. The van der Waals surface area contributed by atoms with Gasteiger partial charge in [0.2, 0.25) is 0 Å². The molecular weight excluding hydrogens is 348 g/mol. The van der Waals surface area contributed by atoms with E-state index in [0.29, 0.717) is 33.4 Å². The van der Waals surface area contributed by atoms with Gasteiger partial charge in [0.1, 0.15) is 6.20 Å². The average Bonchev–Trinajstić information content (AvgIpc) is 2.59. The van der Waals surface area contributed by atoms with Crippen molar-refractivity contribution in [2.45, 2.75) is 13.5 Å². The Morgan fingerprint density at radius 1 is 1.44 bits per heavy atom. The SMILES string of the molecule is CCOc1cc(/C=C/C(=O)OCc2nccc[n+]2[O-])cc(Cl)c1OC. The number of aromatic nitrogens is 2. The predicted octanol–water partition coefficient (Wildman–Crippen LogP) is 2.53. The fourth-order valence-electron chi connectivity index (χ4n) is 1.98. The molecule has 2 aromatic rings. The highest BCUT2D eigenvalue weighted by Gasteiger charge is 2.11. The highest BCUT2D eigenvalue weighted by Crippen LogP contribution is 2.36. The molecule has 7 nitrogen and oxygen atoms in total. The van der Waals surface area contributed by atoms with Gasteiger partial charge in [0.15, 0.2) is 18.1 Å². The lowest BCUT2D eigenvalue weighted by molar-refractivity contribution is -0.620. The van der Waals surface area contributed by atoms with Crippen molar-refractivity contribution in [3.63, 3.8) is 0 Å². The fourth-order valence-corrected chi connectivity index (χ4v) is 2.28. The molecule has 1 heterocycles. The van der Waals surface area contributed by atoms with Crippen molar-refractivity contribution in [2.24, 2.45) is 0 Å². The smallest absolute Gasteiger partial charge is 0.339 e. The second kappa shape index (κ2) is 8.89. The predicted molar refractivity (Wildman–Crippen MR) is 91.2 cm³/mol. The summed E-state index contributed by atoms with van der Waals surface area (Å²) in [4.78, 5) is 15.6. The van der Waals surface area contributed by atoms with Crippen LogP contribution in [0, 0.1) is 5.21 Å². The summed E-state index contributed by atoms with van der Waals surface area (Å²) in [6, 6.07) is 4.82. The van der Waals surface area contributed by atoms with Gasteiger partial charge in [0.25, 0.3) is 0 Å². The van der Waals surface area contributed by atoms with Crippen LogP contribution >= 0.6 is 11.6 Å². The highest BCUT2D eigenvalue weighted by molar-refractivity contribution is 6.32. The molecule has 0 fully saturated rings. The minimum atomic E-state index is -0.615. The Bertz CT molecular complexity index is 780. The van der Waals surface area contributed by atoms with Crippen LogP contribution < -0.4 is 14.2 Å². The molecule has 0 aliphatic heterocycles. The summed E-state index contributed by atoms with van der Waals surface area (Å²) in [5.74, 6) is 0.385. The standard InChI is InChI=1S/C17H17ClN2O5/c1-3-24-14-10-12(9-13(18)17(14)23-2)5-6-16(21)25-11-15-19-7-4-8-20(15)22/h4-10H,3,11H2,1-2H3/b6-5+. The Hall–Kier alpha value is -2.80. The molecule has 25 heavy (non-hydrogen) atoms. The quantitative estimate of drug-likeness (QED) is 0.325. The van der Waals surface area contributed by atoms with Gasteiger partial charge < -0.3 is 19.4 Å². The number of methoxy groups -OCH3 is 1. The van der Waals surface area contributed by atoms with E-state index in [1.807, 2.05) is 6.92 Å². The van der Waals surface area contributed by atoms with Gasteiger partial charge in [-0.1, -0.05) is 11.6 Å². The van der Waals surface area contributed by atoms with E-state index in [9.17, 15) is 10.0 Å². The molecule has 0 spiro atoms. The highest BCUT2D eigenvalue weighted by atomic mass is 35.5. The summed E-state index contributed by atoms with van der Waals surface area (Å²) in [6.45, 7) is 2.06. The second-order valence-corrected chi connectivity index (χ2v) is 5.18. The van der Waals surface area contributed by atoms with E-state index in [1.54, 1.807) is 12.1 Å². The molecular formula is C17H17ClN2O5. The topological polar surface area (TPSA) is 84.6 Å². The first kappa shape index (κ1) is 18.5. The number of nitrogens with zero attached hydrogens (tertiary/aromatic N) is 2. The summed E-state index contributed by atoms with van der Waals surface area (Å²) in [6.07, 6.45) is 5.48. The Morgan fingerprint density at radius 2 is 2.24 bits per heavy atom. The molecule has 0 saturated carbocycles. The van der Waals surface area contributed by atoms with Crippen LogP contribution in [-0.2, 0) is 16.1 Å². The van der Waals surface area contributed by atoms with Gasteiger partial charge in [-0.05, 0) is 35.7 Å². The van der Waals surface area contributed by atoms with Crippen molar-refractivity contribution in [3.05, 3.63) is 58.3 Å². The first-order chi connectivity index (χ1) is 12.0. The van der Waals surface area contributed by atoms with Crippen LogP contribution in [0.2, 0.25) is 5.02 Å². The first-order valence-corrected chi connectivity index (χ1v) is 7.81. The second-order valence-electron chi connectivity index (χ2n) is 4.77. The summed E-state index contributed by atoms with van der Waals surface area (Å²) >= 11 is 6.14. The minimum absolute atomic E-state index is 0.0929. The first-order valence-electron chi connectivity index (χ1n) is 7.43. The summed E-state index contributed by atoms with van der Waals surface area (Å²) in [5, 5.41) is 11.8. The van der Waals surface area contributed by atoms with Gasteiger partial charge in [-0.2, -0.15) is 0 Å². The fraction of sp³-hybridized carbons (Fsp3) is 0.235. The third-order valence-corrected chi connectivity index (χ3v) is 3.36. The number of hydrogen-bond donors (Lipinski definition) is 0. The van der Waals surface area contributed by atoms with Gasteiger partial charge in [-0.15, -0.1) is 0 Å². The maximum absolute atomic E-state index is 11.8. The van der Waals surface area contributed by atoms with Gasteiger partial charge in [0.05, 0.1) is 24.9 Å². The molecule has 1 aromatic carbocycles. The molecule has 0 N–H and O–H groups in total. The van der Waals surface area contributed by atoms with Crippen LogP contribution in [0.4, 0.5) is 0 Å². The molecule has 2 rings (SSSR count). The normalized spacial score (nSPS) is 10.7. The molecule has 132 valence electrons. The largest absolute Gasteiger partial charge is 0.711 e. The Labute approximate surface area is 150 Å². The van der Waals surface area contributed by atoms with Crippen molar-refractivity contribution < 1.29 is 23.7 Å². The third-order valence-electron chi connectivity index (χ3n) is 3.08. The molecule has 8 heteroatoms. The van der Waals surface area contributed by atoms with E-state index < -0.39 is 5.97 Å². The van der Waals surface area contributed by atoms with Crippen molar-refractivity contribution in [1.82, 2.24) is 4.98 Å². The lowest BCUT2D eigenvalue weighted by atomic mass is 10.2. The van der Waals surface area contributed by atoms with E-state index in [-0.39, 0.29) is 12.4 Å². The van der Waals surface area contributed by atoms with Gasteiger partial charge >= 0.3 is 11.8 Å². The number of carbonyl (C=O) groups is 1. The molecule has 0 aliphatic rings. The van der Waals surface area contributed by atoms with Crippen LogP contribution in [0.15, 0.2) is 36.7 Å². The number of carbonyl (C=O) groups excluding carboxylic acids is 1. The van der Waals surface area contributed by atoms with E-state index in [0.717, 1.165) is 0 Å². The summed E-state index contributed by atoms with van der Waals surface area (Å²) < 4.78 is 16.2. The number of halogens is 1. The zero-order valence-corrected chi connectivity index (χ0v) is 14.5. The maximum Gasteiger partial charge on any atom is 0.339 e. The monoisotopic (exact) mass is 364 g/mol. The van der Waals surface area contributed by atoms with Crippen LogP contribution in [-0.4, -0.2) is 24.7 Å². The average molecular weight is 365 g/mol. The Morgan fingerprint density at radius 3 is 2.92 bits per heavy atom. The molecule has 0 bridgehead atoms. The molecule has 0 amide bonds. The summed E-state index contributed by atoms with van der Waals surface area (Å²) in [5.41, 5.74) is 0.642. The van der Waals surface area contributed by atoms with Crippen molar-refractivity contribution in [3.8, 4) is 11.5 Å². The lowest BCUT2D eigenvalue weighted by Gasteiger charge is -2.11. The van der Waals surface area contributed by atoms with E-state index in [1.165, 1.54) is 37.7 Å². The number of rotatable bonds is 7. The summed E-state index contributed by atoms with van der Waals surface area (Å²) in [7, 11) is 1.50. The van der Waals surface area contributed by atoms with Gasteiger partial charge in [-0.25, -0.2) is 9.52 Å². The van der Waals surface area contributed by atoms with E-state index >= 15 is 0 Å². The maximum atomic E-state index is 11.8. The third kappa shape index (κ3) is 5.09. The Balaban J connectivity index is 2.05. The zero-order chi connectivity index (χ0) is 18.2. The molecule has 0 unspecified atom stereocenters. The number of benzene rings is 1. The van der Waals surface area contributed by atoms with E-state index in [4.69, 9.17) is 25.8 Å². The van der Waals surface area contributed by atoms with Crippen LogP contribution in [0.5, 0.6) is 11.5 Å². The lowest BCUT2D eigenvalue weighted by Crippen LogP contribution is -2.33. The van der Waals surface area contributed by atoms with Crippen molar-refractivity contribution in [1.29, 1.82) is 0 Å². The molecule has 0 radical (unpaired) electrons. The zero-order valence-electron chi connectivity index (χ0n) is 13.8. The van der Waals surface area contributed by atoms with Crippen LogP contribution in [0.1, 0.15) is 18.3 Å². The van der Waals surface area contributed by atoms with Gasteiger partial charge in [0, 0.05) is 12.1 Å². The van der Waals surface area contributed by atoms with Crippen molar-refractivity contribution >= 4 is 23.6 Å². The number of esters is 1. The molecule has 1 aromatic heterocycles. The molecule has 0 aliphatic carbocycles.